The molecule has 4 aromatic rings. The Morgan fingerprint density at radius 2 is 1.00 bits per heavy atom. The summed E-state index contributed by atoms with van der Waals surface area (Å²) in [6, 6.07) is 36.6. The molecule has 4 rings (SSSR count). The molecule has 0 aliphatic rings. The molecule has 0 heterocycles. The van der Waals surface area contributed by atoms with Crippen LogP contribution in [0.3, 0.4) is 0 Å². The Kier molecular flexibility index (Phi) is 16.6. The fraction of sp³-hybridized carbons (Fsp3) is 0.107. The monoisotopic (exact) mass is 616 g/mol. The van der Waals surface area contributed by atoms with Gasteiger partial charge in [-0.25, -0.2) is 0 Å². The van der Waals surface area contributed by atoms with E-state index < -0.39 is 0 Å². The van der Waals surface area contributed by atoms with E-state index in [-0.39, 0.29) is 0 Å². The van der Waals surface area contributed by atoms with Crippen molar-refractivity contribution >= 4 is 29.6 Å². The molecule has 2 nitrogen and oxygen atoms in total. The third kappa shape index (κ3) is 12.3. The van der Waals surface area contributed by atoms with Crippen LogP contribution in [0.5, 0.6) is 0 Å². The molecule has 0 amide bonds. The Bertz CT molecular complexity index is 1010. The molecule has 4 aromatic carbocycles. The maximum atomic E-state index is 5.70. The average molecular weight is 620 g/mol. The molecule has 0 aliphatic carbocycles. The number of rotatable bonds is 4. The van der Waals surface area contributed by atoms with E-state index in [1.807, 2.05) is 66.7 Å². The van der Waals surface area contributed by atoms with Crippen LogP contribution in [0.1, 0.15) is 27.8 Å². The van der Waals surface area contributed by atoms with Crippen LogP contribution in [0.4, 0.5) is 0 Å². The topological polar surface area (TPSA) is 52.0 Å². The van der Waals surface area contributed by atoms with E-state index in [4.69, 9.17) is 11.5 Å². The molecule has 5 heteroatoms. The summed E-state index contributed by atoms with van der Waals surface area (Å²) in [5.41, 5.74) is 17.2. The van der Waals surface area contributed by atoms with Gasteiger partial charge in [0.2, 0.25) is 0 Å². The number of hydrogen-bond acceptors (Lipinski definition) is 2. The zero-order chi connectivity index (χ0) is 24.3. The van der Waals surface area contributed by atoms with Gasteiger partial charge in [0.15, 0.2) is 0 Å². The minimum atomic E-state index is 0.599. The van der Waals surface area contributed by atoms with Crippen molar-refractivity contribution in [2.75, 3.05) is 0 Å². The van der Waals surface area contributed by atoms with Gasteiger partial charge in [-0.3, -0.25) is 0 Å². The van der Waals surface area contributed by atoms with Crippen LogP contribution in [0.25, 0.3) is 0 Å². The molecule has 0 fully saturated rings. The Hall–Kier alpha value is -1.75. The molecule has 0 radical (unpaired) electrons. The van der Waals surface area contributed by atoms with Crippen LogP contribution in [-0.2, 0) is 35.9 Å². The van der Waals surface area contributed by atoms with Gasteiger partial charge in [0.05, 0.1) is 0 Å². The van der Waals surface area contributed by atoms with Crippen LogP contribution in [0, 0.1) is 6.92 Å². The van der Waals surface area contributed by atoms with Gasteiger partial charge in [0.25, 0.3) is 0 Å². The van der Waals surface area contributed by atoms with Gasteiger partial charge < -0.3 is 11.5 Å². The van der Waals surface area contributed by atoms with Gasteiger partial charge >= 0.3 is 30.0 Å². The van der Waals surface area contributed by atoms with E-state index in [0.717, 1.165) is 22.0 Å². The first-order valence-corrected chi connectivity index (χ1v) is 18.3. The molecule has 0 bridgehead atoms. The number of benzene rings is 4. The van der Waals surface area contributed by atoms with Gasteiger partial charge in [-0.1, -0.05) is 94.8 Å². The minimum absolute atomic E-state index is 0.599. The van der Waals surface area contributed by atoms with Gasteiger partial charge in [-0.05, 0) is 34.7 Å². The van der Waals surface area contributed by atoms with Crippen molar-refractivity contribution in [2.45, 2.75) is 19.5 Å². The first-order valence-electron chi connectivity index (χ1n) is 10.5. The zero-order valence-electron chi connectivity index (χ0n) is 18.8. The normalized spacial score (nSPS) is 9.27. The molecule has 4 N–H and O–H groups in total. The standard InChI is InChI=1S/C14H15N.C7H8BrN.C7H7.BrH.Zn/c15-11-14-9-5-4-8-13(14)10-12-6-2-1-3-7-12;8-7-4-2-1-3-6(7)5-9;1-7-5-3-2-4-6-7;;/h1-9H,10-11,15H2;1-4H,5,9H2;2-6H,1H2;1H;/q;;-1;;+2/p-1. The molecule has 0 unspecified atom stereocenters. The first-order chi connectivity index (χ1) is 16.1. The number of halogens is 2. The van der Waals surface area contributed by atoms with Crippen LogP contribution in [0.15, 0.2) is 114 Å². The molecule has 0 saturated carbocycles. The summed E-state index contributed by atoms with van der Waals surface area (Å²) in [5.74, 6) is 0. The third-order valence-electron chi connectivity index (χ3n) is 4.60. The van der Waals surface area contributed by atoms with Crippen LogP contribution < -0.4 is 11.5 Å². The molecule has 0 aliphatic heterocycles. The third-order valence-corrected chi connectivity index (χ3v) is 5.37. The molecule has 0 aromatic heterocycles. The molecular formula is C28H30Br2N2Zn. The van der Waals surface area contributed by atoms with Crippen molar-refractivity contribution in [1.29, 1.82) is 0 Å². The summed E-state index contributed by atoms with van der Waals surface area (Å²) in [4.78, 5) is 0. The van der Waals surface area contributed by atoms with Crippen molar-refractivity contribution in [3.05, 3.63) is 148 Å². The molecule has 168 valence electrons. The predicted octanol–water partition coefficient (Wildman–Crippen LogP) is 7.36. The van der Waals surface area contributed by atoms with Crippen molar-refractivity contribution < 1.29 is 16.3 Å². The van der Waals surface area contributed by atoms with Crippen molar-refractivity contribution in [1.82, 2.24) is 0 Å². The molecule has 0 atom stereocenters. The number of hydrogen-bond donors (Lipinski definition) is 2. The van der Waals surface area contributed by atoms with Crippen molar-refractivity contribution in [3.63, 3.8) is 0 Å². The second kappa shape index (κ2) is 18.7. The average Bonchev–Trinajstić information content (AvgIpc) is 2.88. The zero-order valence-corrected chi connectivity index (χ0v) is 25.0. The van der Waals surface area contributed by atoms with Crippen LogP contribution in [-0.4, -0.2) is 0 Å². The van der Waals surface area contributed by atoms with E-state index in [1.165, 1.54) is 33.0 Å². The van der Waals surface area contributed by atoms with E-state index >= 15 is 0 Å². The second-order valence-electron chi connectivity index (χ2n) is 6.92. The molecular weight excluding hydrogens is 590 g/mol. The molecule has 0 saturated heterocycles. The Labute approximate surface area is 224 Å². The summed E-state index contributed by atoms with van der Waals surface area (Å²) in [6.07, 6.45) is 0.966. The predicted molar refractivity (Wildman–Crippen MR) is 145 cm³/mol. The summed E-state index contributed by atoms with van der Waals surface area (Å²) < 4.78 is 1.09. The fourth-order valence-electron chi connectivity index (χ4n) is 2.89. The summed E-state index contributed by atoms with van der Waals surface area (Å²) in [6.45, 7) is 4.93. The second-order valence-corrected chi connectivity index (χ2v) is 7.77. The van der Waals surface area contributed by atoms with E-state index in [1.54, 1.807) is 0 Å². The van der Waals surface area contributed by atoms with Crippen LogP contribution >= 0.6 is 29.6 Å². The Balaban J connectivity index is 0.000000258. The summed E-state index contributed by atoms with van der Waals surface area (Å²) in [7, 11) is 0. The van der Waals surface area contributed by atoms with Gasteiger partial charge in [-0.2, -0.15) is 24.6 Å². The van der Waals surface area contributed by atoms with Crippen LogP contribution in [0.2, 0.25) is 0 Å². The quantitative estimate of drug-likeness (QED) is 0.185. The fourth-order valence-corrected chi connectivity index (χ4v) is 3.33. The van der Waals surface area contributed by atoms with Gasteiger partial charge in [-0.15, -0.1) is 12.1 Å². The maximum absolute atomic E-state index is 5.70. The summed E-state index contributed by atoms with van der Waals surface area (Å²) in [5, 5.41) is 0. The SMILES string of the molecule is NCc1ccccc1Br.NCc1ccccc1Cc1ccccc1.[CH2-]c1ccccc1.[Zn+][Br]. The number of nitrogens with two attached hydrogens (primary N) is 2. The van der Waals surface area contributed by atoms with Crippen molar-refractivity contribution in [2.24, 2.45) is 11.5 Å². The van der Waals surface area contributed by atoms with Gasteiger partial charge in [0, 0.05) is 17.6 Å². The first kappa shape index (κ1) is 29.3. The molecule has 0 spiro atoms. The van der Waals surface area contributed by atoms with Crippen molar-refractivity contribution in [3.8, 4) is 0 Å². The summed E-state index contributed by atoms with van der Waals surface area (Å²) >= 11 is 7.63. The van der Waals surface area contributed by atoms with E-state index in [2.05, 4.69) is 78.9 Å². The Morgan fingerprint density at radius 1 is 0.576 bits per heavy atom. The van der Waals surface area contributed by atoms with E-state index in [9.17, 15) is 0 Å². The Morgan fingerprint density at radius 3 is 1.42 bits per heavy atom. The molecule has 33 heavy (non-hydrogen) atoms. The van der Waals surface area contributed by atoms with E-state index in [0.29, 0.717) is 13.1 Å². The van der Waals surface area contributed by atoms with Gasteiger partial charge in [0.1, 0.15) is 0 Å².